The van der Waals surface area contributed by atoms with E-state index in [2.05, 4.69) is 11.8 Å². The van der Waals surface area contributed by atoms with E-state index in [0.29, 0.717) is 0 Å². The van der Waals surface area contributed by atoms with Gasteiger partial charge in [0.25, 0.3) is 0 Å². The summed E-state index contributed by atoms with van der Waals surface area (Å²) in [6, 6.07) is -0.489. The summed E-state index contributed by atoms with van der Waals surface area (Å²) in [5.74, 6) is 5.14. The van der Waals surface area contributed by atoms with Crippen LogP contribution < -0.4 is 0 Å². The summed E-state index contributed by atoms with van der Waals surface area (Å²) in [5, 5.41) is 0. The molecule has 0 amide bonds. The van der Waals surface area contributed by atoms with Crippen molar-refractivity contribution in [2.24, 2.45) is 0 Å². The van der Waals surface area contributed by atoms with Crippen molar-refractivity contribution >= 4 is 7.44 Å². The summed E-state index contributed by atoms with van der Waals surface area (Å²) in [6.45, 7) is 1.68. The molecule has 3 nitrogen and oxygen atoms in total. The van der Waals surface area contributed by atoms with Crippen molar-refractivity contribution < 1.29 is 4.57 Å². The highest BCUT2D eigenvalue weighted by Gasteiger charge is 2.46. The monoisotopic (exact) mass is 196 g/mol. The molecule has 1 heterocycles. The van der Waals surface area contributed by atoms with Gasteiger partial charge in [0.05, 0.1) is 0 Å². The fourth-order valence-electron chi connectivity index (χ4n) is 1.49. The number of likely N-dealkylation sites (N-methyl/N-ethyl adjacent to an activating group) is 2. The van der Waals surface area contributed by atoms with Gasteiger partial charge in [-0.2, -0.15) is 0 Å². The molecule has 1 fully saturated rings. The summed E-state index contributed by atoms with van der Waals surface area (Å²) in [6.07, 6.45) is 10.7. The Morgan fingerprint density at radius 3 is 1.69 bits per heavy atom. The molecule has 2 unspecified atom stereocenters. The summed E-state index contributed by atoms with van der Waals surface area (Å²) < 4.78 is 15.5. The van der Waals surface area contributed by atoms with E-state index >= 15 is 0 Å². The molecule has 0 spiro atoms. The third-order valence-electron chi connectivity index (χ3n) is 2.62. The van der Waals surface area contributed by atoms with Crippen LogP contribution in [0.1, 0.15) is 0 Å². The highest BCUT2D eigenvalue weighted by molar-refractivity contribution is 7.58. The Kier molecular flexibility index (Phi) is 2.55. The second-order valence-corrected chi connectivity index (χ2v) is 6.14. The van der Waals surface area contributed by atoms with E-state index in [-0.39, 0.29) is 12.1 Å². The van der Waals surface area contributed by atoms with Crippen LogP contribution in [0, 0.1) is 24.7 Å². The Balaban J connectivity index is 3.14. The van der Waals surface area contributed by atoms with Crippen LogP contribution in [0.3, 0.4) is 0 Å². The van der Waals surface area contributed by atoms with Gasteiger partial charge >= 0.3 is 0 Å². The molecule has 0 saturated carbocycles. The van der Waals surface area contributed by atoms with Crippen LogP contribution in [0.5, 0.6) is 0 Å². The maximum Gasteiger partial charge on any atom is 0.215 e. The first-order valence-corrected chi connectivity index (χ1v) is 5.99. The minimum atomic E-state index is -2.49. The van der Waals surface area contributed by atoms with Gasteiger partial charge in [0.1, 0.15) is 12.1 Å². The fourth-order valence-corrected chi connectivity index (χ4v) is 3.25. The van der Waals surface area contributed by atoms with Gasteiger partial charge in [-0.05, 0) is 14.1 Å². The molecule has 0 bridgehead atoms. The average Bonchev–Trinajstić information content (AvgIpc) is 2.26. The van der Waals surface area contributed by atoms with Crippen molar-refractivity contribution in [1.82, 2.24) is 9.34 Å². The maximum absolute atomic E-state index is 12.1. The predicted octanol–water partition coefficient (Wildman–Crippen LogP) is 0.690. The first-order chi connectivity index (χ1) is 5.96. The van der Waals surface area contributed by atoms with E-state index in [9.17, 15) is 4.57 Å². The molecule has 13 heavy (non-hydrogen) atoms. The first kappa shape index (κ1) is 10.4. The van der Waals surface area contributed by atoms with Gasteiger partial charge in [-0.3, -0.25) is 4.57 Å². The Hall–Kier alpha value is -0.730. The van der Waals surface area contributed by atoms with E-state index < -0.39 is 7.44 Å². The SMILES string of the molecule is C#CC1C(C#C)N(C)P(C)(=O)N1C. The molecule has 0 aromatic heterocycles. The molecule has 4 heteroatoms. The van der Waals surface area contributed by atoms with Gasteiger partial charge in [0.2, 0.25) is 7.44 Å². The molecular weight excluding hydrogens is 183 g/mol. The second kappa shape index (κ2) is 3.20. The van der Waals surface area contributed by atoms with E-state index in [1.165, 1.54) is 0 Å². The highest BCUT2D eigenvalue weighted by atomic mass is 31.2. The number of terminal acetylenes is 2. The van der Waals surface area contributed by atoms with Crippen LogP contribution in [0.2, 0.25) is 0 Å². The summed E-state index contributed by atoms with van der Waals surface area (Å²) >= 11 is 0. The van der Waals surface area contributed by atoms with Crippen molar-refractivity contribution in [3.05, 3.63) is 0 Å². The number of hydrogen-bond acceptors (Lipinski definition) is 1. The lowest BCUT2D eigenvalue weighted by atomic mass is 10.1. The van der Waals surface area contributed by atoms with Crippen molar-refractivity contribution in [1.29, 1.82) is 0 Å². The average molecular weight is 196 g/mol. The van der Waals surface area contributed by atoms with E-state index in [1.807, 2.05) is 0 Å². The molecule has 0 aromatic rings. The molecule has 1 saturated heterocycles. The van der Waals surface area contributed by atoms with Crippen molar-refractivity contribution in [2.45, 2.75) is 12.1 Å². The first-order valence-electron chi connectivity index (χ1n) is 3.93. The second-order valence-electron chi connectivity index (χ2n) is 3.21. The lowest BCUT2D eigenvalue weighted by Gasteiger charge is -2.21. The highest BCUT2D eigenvalue weighted by Crippen LogP contribution is 2.55. The molecule has 0 N–H and O–H groups in total. The third kappa shape index (κ3) is 1.30. The quantitative estimate of drug-likeness (QED) is 0.420. The Morgan fingerprint density at radius 2 is 1.46 bits per heavy atom. The van der Waals surface area contributed by atoms with Crippen molar-refractivity contribution in [3.8, 4) is 24.7 Å². The Labute approximate surface area is 79.6 Å². The zero-order chi connectivity index (χ0) is 10.2. The molecule has 70 valence electrons. The zero-order valence-corrected chi connectivity index (χ0v) is 8.95. The van der Waals surface area contributed by atoms with Gasteiger partial charge in [0.15, 0.2) is 0 Å². The molecule has 0 radical (unpaired) electrons. The Bertz CT molecular complexity index is 309. The smallest absolute Gasteiger partial charge is 0.215 e. The van der Waals surface area contributed by atoms with Crippen LogP contribution in [-0.4, -0.2) is 42.2 Å². The molecule has 1 rings (SSSR count). The topological polar surface area (TPSA) is 23.6 Å². The predicted molar refractivity (Wildman–Crippen MR) is 54.3 cm³/mol. The molecule has 0 aromatic carbocycles. The molecule has 2 atom stereocenters. The van der Waals surface area contributed by atoms with Crippen LogP contribution in [-0.2, 0) is 4.57 Å². The number of nitrogens with zero attached hydrogens (tertiary/aromatic N) is 2. The van der Waals surface area contributed by atoms with Crippen molar-refractivity contribution in [3.63, 3.8) is 0 Å². The fraction of sp³-hybridized carbons (Fsp3) is 0.556. The molecule has 0 aliphatic carbocycles. The summed E-state index contributed by atoms with van der Waals surface area (Å²) in [4.78, 5) is 0. The van der Waals surface area contributed by atoms with Crippen LogP contribution in [0.25, 0.3) is 0 Å². The third-order valence-corrected chi connectivity index (χ3v) is 5.46. The largest absolute Gasteiger partial charge is 0.289 e. The summed E-state index contributed by atoms with van der Waals surface area (Å²) in [7, 11) is 1.01. The standard InChI is InChI=1S/C9H13N2OP/c1-6-8-9(7-2)11(4)13(5,12)10(8)3/h1-2,8-9H,3-5H3. The lowest BCUT2D eigenvalue weighted by Crippen LogP contribution is -2.32. The van der Waals surface area contributed by atoms with E-state index in [0.717, 1.165) is 0 Å². The van der Waals surface area contributed by atoms with Gasteiger partial charge in [-0.1, -0.05) is 11.8 Å². The minimum absolute atomic E-state index is 0.245. The van der Waals surface area contributed by atoms with E-state index in [1.54, 1.807) is 30.1 Å². The zero-order valence-electron chi connectivity index (χ0n) is 8.06. The summed E-state index contributed by atoms with van der Waals surface area (Å²) in [5.41, 5.74) is 0. The van der Waals surface area contributed by atoms with Crippen molar-refractivity contribution in [2.75, 3.05) is 20.8 Å². The van der Waals surface area contributed by atoms with Crippen LogP contribution in [0.4, 0.5) is 0 Å². The molecular formula is C9H13N2OP. The van der Waals surface area contributed by atoms with Gasteiger partial charge < -0.3 is 0 Å². The van der Waals surface area contributed by atoms with E-state index in [4.69, 9.17) is 12.8 Å². The molecule has 1 aliphatic heterocycles. The molecule has 1 aliphatic rings. The lowest BCUT2D eigenvalue weighted by molar-refractivity contribution is 0.423. The van der Waals surface area contributed by atoms with Crippen LogP contribution >= 0.6 is 7.44 Å². The Morgan fingerprint density at radius 1 is 1.15 bits per heavy atom. The normalized spacial score (nSPS) is 41.3. The number of hydrogen-bond donors (Lipinski definition) is 0. The minimum Gasteiger partial charge on any atom is -0.289 e. The van der Waals surface area contributed by atoms with Crippen LogP contribution in [0.15, 0.2) is 0 Å². The van der Waals surface area contributed by atoms with Gasteiger partial charge in [-0.15, -0.1) is 12.8 Å². The number of rotatable bonds is 0. The van der Waals surface area contributed by atoms with Gasteiger partial charge in [-0.25, -0.2) is 9.34 Å². The maximum atomic E-state index is 12.1. The van der Waals surface area contributed by atoms with Gasteiger partial charge in [0, 0.05) is 6.66 Å².